The minimum Gasteiger partial charge on any atom is -0.481 e. The van der Waals surface area contributed by atoms with Gasteiger partial charge in [0, 0.05) is 18.3 Å². The molecule has 1 aliphatic heterocycles. The van der Waals surface area contributed by atoms with Crippen LogP contribution in [0.4, 0.5) is 5.69 Å². The van der Waals surface area contributed by atoms with E-state index in [1.807, 2.05) is 6.07 Å². The van der Waals surface area contributed by atoms with Gasteiger partial charge in [-0.2, -0.15) is 0 Å². The molecule has 1 aromatic carbocycles. The molecule has 3 nitrogen and oxygen atoms in total. The molecule has 1 N–H and O–H groups in total. The van der Waals surface area contributed by atoms with Crippen LogP contribution in [-0.2, 0) is 11.2 Å². The van der Waals surface area contributed by atoms with Crippen molar-refractivity contribution in [1.29, 1.82) is 0 Å². The van der Waals surface area contributed by atoms with Crippen LogP contribution in [0.25, 0.3) is 0 Å². The van der Waals surface area contributed by atoms with Gasteiger partial charge in [0.25, 0.3) is 0 Å². The van der Waals surface area contributed by atoms with Crippen molar-refractivity contribution in [3.63, 3.8) is 0 Å². The molecule has 20 heavy (non-hydrogen) atoms. The number of carboxylic acid groups (broad SMARTS) is 1. The predicted octanol–water partition coefficient (Wildman–Crippen LogP) is 3.57. The highest BCUT2D eigenvalue weighted by Crippen LogP contribution is 2.35. The number of benzene rings is 1. The largest absolute Gasteiger partial charge is 0.481 e. The maximum atomic E-state index is 11.1. The molecule has 108 valence electrons. The van der Waals surface area contributed by atoms with Crippen LogP contribution in [0.3, 0.4) is 0 Å². The molecule has 0 saturated heterocycles. The van der Waals surface area contributed by atoms with Crippen LogP contribution in [0.15, 0.2) is 18.2 Å². The van der Waals surface area contributed by atoms with E-state index >= 15 is 0 Å². The molecule has 0 aromatic heterocycles. The standard InChI is InChI=1S/C17H23NO2/c1-12(17(19)20)13-7-8-16-14(11-13)9-10-18(16)15-5-3-2-4-6-15/h7-8,11-12,15H,2-6,9-10H2,1H3,(H,19,20). The van der Waals surface area contributed by atoms with E-state index in [2.05, 4.69) is 17.0 Å². The van der Waals surface area contributed by atoms with Gasteiger partial charge in [-0.25, -0.2) is 0 Å². The highest BCUT2D eigenvalue weighted by molar-refractivity contribution is 5.76. The molecular formula is C17H23NO2. The molecule has 3 heteroatoms. The van der Waals surface area contributed by atoms with Crippen LogP contribution in [0.5, 0.6) is 0 Å². The lowest BCUT2D eigenvalue weighted by Gasteiger charge is -2.33. The third-order valence-electron chi connectivity index (χ3n) is 4.92. The van der Waals surface area contributed by atoms with Gasteiger partial charge >= 0.3 is 5.97 Å². The second-order valence-electron chi connectivity index (χ2n) is 6.18. The number of anilines is 1. The first-order chi connectivity index (χ1) is 9.66. The Hall–Kier alpha value is -1.51. The molecule has 0 bridgehead atoms. The van der Waals surface area contributed by atoms with Crippen LogP contribution in [0, 0.1) is 0 Å². The SMILES string of the molecule is CC(C(=O)O)c1ccc2c(c1)CCN2C1CCCCC1. The molecule has 1 atom stereocenters. The van der Waals surface area contributed by atoms with E-state index in [1.54, 1.807) is 6.92 Å². The van der Waals surface area contributed by atoms with Crippen molar-refractivity contribution >= 4 is 11.7 Å². The Bertz CT molecular complexity index is 506. The lowest BCUT2D eigenvalue weighted by atomic mass is 9.94. The number of fused-ring (bicyclic) bond motifs is 1. The van der Waals surface area contributed by atoms with Gasteiger partial charge in [-0.05, 0) is 43.4 Å². The Morgan fingerprint density at radius 3 is 2.75 bits per heavy atom. The first-order valence-electron chi connectivity index (χ1n) is 7.79. The van der Waals surface area contributed by atoms with Crippen molar-refractivity contribution in [3.05, 3.63) is 29.3 Å². The van der Waals surface area contributed by atoms with E-state index < -0.39 is 11.9 Å². The zero-order valence-corrected chi connectivity index (χ0v) is 12.1. The topological polar surface area (TPSA) is 40.5 Å². The van der Waals surface area contributed by atoms with Gasteiger partial charge in [0.05, 0.1) is 5.92 Å². The predicted molar refractivity (Wildman–Crippen MR) is 80.4 cm³/mol. The molecule has 1 fully saturated rings. The van der Waals surface area contributed by atoms with Crippen molar-refractivity contribution in [2.75, 3.05) is 11.4 Å². The average Bonchev–Trinajstić information content (AvgIpc) is 2.90. The molecule has 1 unspecified atom stereocenters. The molecule has 1 aromatic rings. The summed E-state index contributed by atoms with van der Waals surface area (Å²) < 4.78 is 0. The minimum absolute atomic E-state index is 0.413. The summed E-state index contributed by atoms with van der Waals surface area (Å²) in [6, 6.07) is 6.95. The molecule has 2 aliphatic rings. The lowest BCUT2D eigenvalue weighted by molar-refractivity contribution is -0.138. The Balaban J connectivity index is 1.82. The Kier molecular flexibility index (Phi) is 3.68. The molecule has 3 rings (SSSR count). The number of carboxylic acids is 1. The second-order valence-corrected chi connectivity index (χ2v) is 6.18. The highest BCUT2D eigenvalue weighted by atomic mass is 16.4. The molecule has 0 spiro atoms. The minimum atomic E-state index is -0.743. The first-order valence-corrected chi connectivity index (χ1v) is 7.79. The lowest BCUT2D eigenvalue weighted by Crippen LogP contribution is -2.35. The van der Waals surface area contributed by atoms with Gasteiger partial charge in [0.15, 0.2) is 0 Å². The van der Waals surface area contributed by atoms with E-state index in [1.165, 1.54) is 43.4 Å². The average molecular weight is 273 g/mol. The van der Waals surface area contributed by atoms with E-state index in [4.69, 9.17) is 5.11 Å². The van der Waals surface area contributed by atoms with Gasteiger partial charge in [-0.1, -0.05) is 31.4 Å². The number of nitrogens with zero attached hydrogens (tertiary/aromatic N) is 1. The zero-order valence-electron chi connectivity index (χ0n) is 12.1. The maximum Gasteiger partial charge on any atom is 0.310 e. The van der Waals surface area contributed by atoms with Gasteiger partial charge < -0.3 is 10.0 Å². The number of rotatable bonds is 3. The monoisotopic (exact) mass is 273 g/mol. The van der Waals surface area contributed by atoms with Gasteiger partial charge in [-0.15, -0.1) is 0 Å². The summed E-state index contributed by atoms with van der Waals surface area (Å²) in [7, 11) is 0. The van der Waals surface area contributed by atoms with Gasteiger partial charge in [0.1, 0.15) is 0 Å². The fraction of sp³-hybridized carbons (Fsp3) is 0.588. The van der Waals surface area contributed by atoms with Crippen molar-refractivity contribution in [2.24, 2.45) is 0 Å². The first kappa shape index (κ1) is 13.5. The van der Waals surface area contributed by atoms with E-state index in [0.29, 0.717) is 6.04 Å². The molecule has 0 amide bonds. The van der Waals surface area contributed by atoms with Crippen LogP contribution >= 0.6 is 0 Å². The highest BCUT2D eigenvalue weighted by Gasteiger charge is 2.28. The second kappa shape index (κ2) is 5.47. The summed E-state index contributed by atoms with van der Waals surface area (Å²) in [5.41, 5.74) is 3.61. The number of hydrogen-bond acceptors (Lipinski definition) is 2. The summed E-state index contributed by atoms with van der Waals surface area (Å²) in [5, 5.41) is 9.13. The van der Waals surface area contributed by atoms with Crippen LogP contribution in [0.2, 0.25) is 0 Å². The van der Waals surface area contributed by atoms with Crippen molar-refractivity contribution < 1.29 is 9.90 Å². The Morgan fingerprint density at radius 1 is 1.30 bits per heavy atom. The van der Waals surface area contributed by atoms with Crippen LogP contribution in [0.1, 0.15) is 56.1 Å². The quantitative estimate of drug-likeness (QED) is 0.915. The normalized spacial score (nSPS) is 20.8. The van der Waals surface area contributed by atoms with E-state index in [-0.39, 0.29) is 0 Å². The molecule has 1 aliphatic carbocycles. The van der Waals surface area contributed by atoms with Crippen molar-refractivity contribution in [3.8, 4) is 0 Å². The number of carbonyl (C=O) groups is 1. The fourth-order valence-corrected chi connectivity index (χ4v) is 3.63. The number of hydrogen-bond donors (Lipinski definition) is 1. The maximum absolute atomic E-state index is 11.1. The number of aliphatic carboxylic acids is 1. The smallest absolute Gasteiger partial charge is 0.310 e. The summed E-state index contributed by atoms with van der Waals surface area (Å²) in [6.45, 7) is 2.86. The van der Waals surface area contributed by atoms with Crippen LogP contribution < -0.4 is 4.90 Å². The van der Waals surface area contributed by atoms with E-state index in [0.717, 1.165) is 18.5 Å². The van der Waals surface area contributed by atoms with Crippen molar-refractivity contribution in [2.45, 2.75) is 57.4 Å². The summed E-state index contributed by atoms with van der Waals surface area (Å²) in [4.78, 5) is 13.7. The summed E-state index contributed by atoms with van der Waals surface area (Å²) >= 11 is 0. The zero-order chi connectivity index (χ0) is 14.1. The Labute approximate surface area is 120 Å². The van der Waals surface area contributed by atoms with Gasteiger partial charge in [-0.3, -0.25) is 4.79 Å². The third-order valence-corrected chi connectivity index (χ3v) is 4.92. The molecule has 1 saturated carbocycles. The molecular weight excluding hydrogens is 250 g/mol. The summed E-state index contributed by atoms with van der Waals surface area (Å²) in [5.74, 6) is -1.16. The van der Waals surface area contributed by atoms with Gasteiger partial charge in [0.2, 0.25) is 0 Å². The fourth-order valence-electron chi connectivity index (χ4n) is 3.63. The molecule has 1 heterocycles. The Morgan fingerprint density at radius 2 is 2.05 bits per heavy atom. The van der Waals surface area contributed by atoms with Crippen molar-refractivity contribution in [1.82, 2.24) is 0 Å². The van der Waals surface area contributed by atoms with E-state index in [9.17, 15) is 4.79 Å². The molecule has 0 radical (unpaired) electrons. The van der Waals surface area contributed by atoms with Crippen LogP contribution in [-0.4, -0.2) is 23.7 Å². The summed E-state index contributed by atoms with van der Waals surface area (Å²) in [6.07, 6.45) is 7.77. The third kappa shape index (κ3) is 2.41.